The lowest BCUT2D eigenvalue weighted by atomic mass is 9.86. The molecule has 1 aliphatic rings. The molecule has 3 atom stereocenters. The van der Waals surface area contributed by atoms with Crippen LogP contribution in [0, 0.1) is 18.3 Å². The Morgan fingerprint density at radius 2 is 1.81 bits per heavy atom. The Labute approximate surface area is 188 Å². The number of rotatable bonds is 20. The second-order valence-electron chi connectivity index (χ2n) is 8.50. The molecule has 0 aromatic carbocycles. The minimum Gasteiger partial charge on any atom is -0.461 e. The van der Waals surface area contributed by atoms with E-state index in [-0.39, 0.29) is 30.6 Å². The van der Waals surface area contributed by atoms with Gasteiger partial charge in [0.25, 0.3) is 0 Å². The second kappa shape index (κ2) is 17.6. The number of ether oxygens (including phenoxy) is 2. The fourth-order valence-electron chi connectivity index (χ4n) is 4.02. The summed E-state index contributed by atoms with van der Waals surface area (Å²) in [7, 11) is 0. The van der Waals surface area contributed by atoms with Gasteiger partial charge in [-0.2, -0.15) is 0 Å². The van der Waals surface area contributed by atoms with E-state index >= 15 is 0 Å². The van der Waals surface area contributed by atoms with Crippen LogP contribution in [0.25, 0.3) is 0 Å². The molecule has 1 aliphatic heterocycles. The van der Waals surface area contributed by atoms with Crippen LogP contribution in [0.5, 0.6) is 0 Å². The van der Waals surface area contributed by atoms with Crippen LogP contribution in [0.2, 0.25) is 0 Å². The van der Waals surface area contributed by atoms with Crippen molar-refractivity contribution in [3.63, 3.8) is 0 Å². The highest BCUT2D eigenvalue weighted by Gasteiger charge is 2.43. The van der Waals surface area contributed by atoms with Crippen molar-refractivity contribution in [1.82, 2.24) is 5.32 Å². The van der Waals surface area contributed by atoms with Crippen LogP contribution >= 0.6 is 0 Å². The number of terminal acetylenes is 1. The monoisotopic (exact) mass is 435 g/mol. The summed E-state index contributed by atoms with van der Waals surface area (Å²) in [5, 5.41) is 2.34. The molecule has 0 radical (unpaired) electrons. The first-order chi connectivity index (χ1) is 15.1. The maximum absolute atomic E-state index is 12.0. The highest BCUT2D eigenvalue weighted by molar-refractivity contribution is 5.78. The zero-order valence-electron chi connectivity index (χ0n) is 19.2. The van der Waals surface area contributed by atoms with Gasteiger partial charge in [-0.15, -0.1) is 12.3 Å². The van der Waals surface area contributed by atoms with Gasteiger partial charge in [-0.3, -0.25) is 14.4 Å². The summed E-state index contributed by atoms with van der Waals surface area (Å²) in [5.74, 6) is 1.87. The fourth-order valence-corrected chi connectivity index (χ4v) is 4.02. The first-order valence-corrected chi connectivity index (χ1v) is 12.1. The van der Waals surface area contributed by atoms with Crippen molar-refractivity contribution in [2.24, 2.45) is 5.92 Å². The Hall–Kier alpha value is -2.03. The molecule has 1 saturated heterocycles. The lowest BCUT2D eigenvalue weighted by Crippen LogP contribution is -2.47. The van der Waals surface area contributed by atoms with E-state index in [1.165, 1.54) is 44.9 Å². The van der Waals surface area contributed by atoms with E-state index in [2.05, 4.69) is 18.2 Å². The normalized spacial score (nSPS) is 18.4. The van der Waals surface area contributed by atoms with Gasteiger partial charge in [0.1, 0.15) is 18.8 Å². The zero-order valence-corrected chi connectivity index (χ0v) is 19.2. The summed E-state index contributed by atoms with van der Waals surface area (Å²) in [5.41, 5.74) is 0. The maximum atomic E-state index is 12.0. The number of carbonyl (C=O) groups is 3. The van der Waals surface area contributed by atoms with Gasteiger partial charge < -0.3 is 14.8 Å². The van der Waals surface area contributed by atoms with E-state index < -0.39 is 5.97 Å². The molecule has 0 saturated carbocycles. The van der Waals surface area contributed by atoms with Crippen molar-refractivity contribution in [2.45, 2.75) is 115 Å². The Balaban J connectivity index is 2.37. The molecule has 0 aromatic rings. The minimum absolute atomic E-state index is 0.129. The molecule has 1 rings (SSSR count). The van der Waals surface area contributed by atoms with E-state index in [1.807, 2.05) is 0 Å². The first kappa shape index (κ1) is 27.0. The second-order valence-corrected chi connectivity index (χ2v) is 8.50. The Morgan fingerprint density at radius 1 is 1.13 bits per heavy atom. The van der Waals surface area contributed by atoms with Crippen LogP contribution < -0.4 is 5.32 Å². The number of amides is 1. The number of esters is 2. The average molecular weight is 436 g/mol. The van der Waals surface area contributed by atoms with Crippen LogP contribution in [0.1, 0.15) is 103 Å². The van der Waals surface area contributed by atoms with Crippen molar-refractivity contribution in [3.8, 4) is 12.3 Å². The van der Waals surface area contributed by atoms with Gasteiger partial charge in [0.05, 0.1) is 5.92 Å². The highest BCUT2D eigenvalue weighted by Crippen LogP contribution is 2.32. The molecule has 0 aromatic heterocycles. The van der Waals surface area contributed by atoms with E-state index in [0.29, 0.717) is 12.8 Å². The molecule has 6 heteroatoms. The molecular formula is C25H41NO5. The van der Waals surface area contributed by atoms with Gasteiger partial charge in [0.15, 0.2) is 0 Å². The van der Waals surface area contributed by atoms with Crippen LogP contribution in [-0.2, 0) is 23.9 Å². The first-order valence-electron chi connectivity index (χ1n) is 12.1. The van der Waals surface area contributed by atoms with Gasteiger partial charge in [-0.1, -0.05) is 64.7 Å². The highest BCUT2D eigenvalue weighted by atomic mass is 16.6. The summed E-state index contributed by atoms with van der Waals surface area (Å²) in [6.07, 6.45) is 20.9. The molecule has 6 nitrogen and oxygen atoms in total. The van der Waals surface area contributed by atoms with Crippen LogP contribution in [0.15, 0.2) is 0 Å². The smallest absolute Gasteiger partial charge is 0.325 e. The van der Waals surface area contributed by atoms with Gasteiger partial charge in [0, 0.05) is 12.8 Å². The van der Waals surface area contributed by atoms with Crippen LogP contribution in [0.3, 0.4) is 0 Å². The quantitative estimate of drug-likeness (QED) is 0.130. The maximum Gasteiger partial charge on any atom is 0.325 e. The van der Waals surface area contributed by atoms with Crippen molar-refractivity contribution < 1.29 is 23.9 Å². The van der Waals surface area contributed by atoms with Crippen molar-refractivity contribution in [3.05, 3.63) is 0 Å². The van der Waals surface area contributed by atoms with Gasteiger partial charge in [-0.05, 0) is 25.7 Å². The van der Waals surface area contributed by atoms with Gasteiger partial charge in [0.2, 0.25) is 6.41 Å². The van der Waals surface area contributed by atoms with E-state index in [9.17, 15) is 14.4 Å². The number of cyclic esters (lactones) is 1. The molecule has 0 spiro atoms. The molecule has 1 N–H and O–H groups in total. The molecule has 0 unspecified atom stereocenters. The molecule has 1 heterocycles. The lowest BCUT2D eigenvalue weighted by Gasteiger charge is -2.37. The van der Waals surface area contributed by atoms with E-state index in [4.69, 9.17) is 15.9 Å². The van der Waals surface area contributed by atoms with E-state index in [0.717, 1.165) is 44.9 Å². The minimum atomic E-state index is -0.454. The number of nitrogens with one attached hydrogen (secondary N) is 1. The number of carbonyl (C=O) groups excluding carboxylic acids is 3. The van der Waals surface area contributed by atoms with Crippen molar-refractivity contribution >= 4 is 18.3 Å². The average Bonchev–Trinajstić information content (AvgIpc) is 2.75. The SMILES string of the molecule is C#CCCCC[C@@H]1C(=O)O[C@H]1C[C@H](CCCCCCCCCCC)OC(=O)CNC=O. The predicted octanol–water partition coefficient (Wildman–Crippen LogP) is 4.69. The third-order valence-electron chi connectivity index (χ3n) is 5.86. The molecule has 0 aliphatic carbocycles. The summed E-state index contributed by atoms with van der Waals surface area (Å²) >= 11 is 0. The molecule has 0 bridgehead atoms. The molecule has 1 fully saturated rings. The third-order valence-corrected chi connectivity index (χ3v) is 5.86. The van der Waals surface area contributed by atoms with E-state index in [1.54, 1.807) is 0 Å². The standard InChI is InChI=1S/C25H41NO5/c1-3-5-7-9-10-11-12-13-14-16-21(30-24(28)19-26-20-27)18-23-22(25(29)31-23)17-15-8-6-4-2/h2,20-23H,3,5-19H2,1H3,(H,26,27)/t21-,22-,23-/m0/s1. The van der Waals surface area contributed by atoms with Crippen LogP contribution in [0.4, 0.5) is 0 Å². The third kappa shape index (κ3) is 12.4. The summed E-state index contributed by atoms with van der Waals surface area (Å²) in [4.78, 5) is 34.3. The Kier molecular flexibility index (Phi) is 15.4. The largest absolute Gasteiger partial charge is 0.461 e. The van der Waals surface area contributed by atoms with Crippen LogP contribution in [-0.4, -0.2) is 37.1 Å². The topological polar surface area (TPSA) is 81.7 Å². The Bertz CT molecular complexity index is 557. The summed E-state index contributed by atoms with van der Waals surface area (Å²) < 4.78 is 10.9. The summed E-state index contributed by atoms with van der Waals surface area (Å²) in [6.45, 7) is 2.09. The van der Waals surface area contributed by atoms with Crippen molar-refractivity contribution in [1.29, 1.82) is 0 Å². The summed E-state index contributed by atoms with van der Waals surface area (Å²) in [6, 6.07) is 0. The molecule has 1 amide bonds. The lowest BCUT2D eigenvalue weighted by molar-refractivity contribution is -0.190. The zero-order chi connectivity index (χ0) is 22.7. The van der Waals surface area contributed by atoms with Crippen molar-refractivity contribution in [2.75, 3.05) is 6.54 Å². The number of hydrogen-bond acceptors (Lipinski definition) is 5. The number of unbranched alkanes of at least 4 members (excludes halogenated alkanes) is 10. The van der Waals surface area contributed by atoms with Gasteiger partial charge in [-0.25, -0.2) is 0 Å². The Morgan fingerprint density at radius 3 is 2.42 bits per heavy atom. The fraction of sp³-hybridized carbons (Fsp3) is 0.800. The van der Waals surface area contributed by atoms with Gasteiger partial charge >= 0.3 is 11.9 Å². The molecular weight excluding hydrogens is 394 g/mol. The molecule has 31 heavy (non-hydrogen) atoms. The number of hydrogen-bond donors (Lipinski definition) is 1. The molecule has 176 valence electrons. The predicted molar refractivity (Wildman–Crippen MR) is 121 cm³/mol.